The molecule has 2 N–H and O–H groups in total. The van der Waals surface area contributed by atoms with Gasteiger partial charge in [0.25, 0.3) is 0 Å². The van der Waals surface area contributed by atoms with Gasteiger partial charge in [-0.3, -0.25) is 0 Å². The molecule has 2 heteroatoms. The molecule has 0 atom stereocenters. The summed E-state index contributed by atoms with van der Waals surface area (Å²) in [7, 11) is 0. The lowest BCUT2D eigenvalue weighted by atomic mass is 10.1. The summed E-state index contributed by atoms with van der Waals surface area (Å²) < 4.78 is 0. The Balaban J connectivity index is 2.03. The van der Waals surface area contributed by atoms with Crippen molar-refractivity contribution in [1.82, 2.24) is 0 Å². The lowest BCUT2D eigenvalue weighted by Crippen LogP contribution is -2.08. The van der Waals surface area contributed by atoms with E-state index in [4.69, 9.17) is 5.73 Å². The molecular weight excluding hydrogens is 256 g/mol. The van der Waals surface area contributed by atoms with Gasteiger partial charge in [-0.25, -0.2) is 4.99 Å². The SMILES string of the molecule is Nc1c2c(ccc1=Cc1ccccc1)=c1ccccc1=N2. The van der Waals surface area contributed by atoms with E-state index in [9.17, 15) is 0 Å². The first-order valence-corrected chi connectivity index (χ1v) is 6.96. The second-order valence-corrected chi connectivity index (χ2v) is 5.15. The minimum absolute atomic E-state index is 0.743. The third-order valence-electron chi connectivity index (χ3n) is 3.80. The van der Waals surface area contributed by atoms with Gasteiger partial charge in [-0.1, -0.05) is 60.7 Å². The molecule has 1 aliphatic rings. The number of benzene rings is 3. The molecule has 0 aromatic heterocycles. The van der Waals surface area contributed by atoms with Crippen LogP contribution in [0.5, 0.6) is 0 Å². The number of para-hydroxylation sites is 1. The van der Waals surface area contributed by atoms with E-state index in [2.05, 4.69) is 41.4 Å². The maximum absolute atomic E-state index is 6.34. The average Bonchev–Trinajstić information content (AvgIpc) is 2.91. The average molecular weight is 270 g/mol. The van der Waals surface area contributed by atoms with Crippen LogP contribution in [0.25, 0.3) is 6.08 Å². The summed E-state index contributed by atoms with van der Waals surface area (Å²) in [5.74, 6) is 0. The van der Waals surface area contributed by atoms with Gasteiger partial charge in [-0.15, -0.1) is 0 Å². The molecular formula is C19H14N2. The van der Waals surface area contributed by atoms with Crippen molar-refractivity contribution in [2.24, 2.45) is 4.99 Å². The van der Waals surface area contributed by atoms with Crippen LogP contribution in [-0.4, -0.2) is 0 Å². The Morgan fingerprint density at radius 3 is 2.38 bits per heavy atom. The summed E-state index contributed by atoms with van der Waals surface area (Å²) in [6, 6.07) is 22.5. The van der Waals surface area contributed by atoms with Gasteiger partial charge in [0.2, 0.25) is 0 Å². The van der Waals surface area contributed by atoms with Gasteiger partial charge < -0.3 is 5.73 Å². The van der Waals surface area contributed by atoms with Crippen molar-refractivity contribution in [2.75, 3.05) is 5.73 Å². The van der Waals surface area contributed by atoms with Crippen molar-refractivity contribution in [3.63, 3.8) is 0 Å². The molecule has 2 nitrogen and oxygen atoms in total. The van der Waals surface area contributed by atoms with Crippen molar-refractivity contribution in [3.8, 4) is 0 Å². The number of fused-ring (bicyclic) bond motifs is 2. The van der Waals surface area contributed by atoms with E-state index in [0.717, 1.165) is 38.0 Å². The molecule has 4 rings (SSSR count). The van der Waals surface area contributed by atoms with Crippen LogP contribution >= 0.6 is 0 Å². The van der Waals surface area contributed by atoms with Gasteiger partial charge in [0.05, 0.1) is 16.7 Å². The summed E-state index contributed by atoms with van der Waals surface area (Å²) in [6.45, 7) is 0. The van der Waals surface area contributed by atoms with Crippen molar-refractivity contribution < 1.29 is 0 Å². The van der Waals surface area contributed by atoms with Gasteiger partial charge in [-0.05, 0) is 17.7 Å². The summed E-state index contributed by atoms with van der Waals surface area (Å²) in [5, 5.41) is 4.28. The number of hydrogen-bond donors (Lipinski definition) is 1. The molecule has 1 aliphatic heterocycles. The molecule has 0 fully saturated rings. The number of nitrogens with two attached hydrogens (primary N) is 1. The van der Waals surface area contributed by atoms with Crippen LogP contribution < -0.4 is 16.3 Å². The first-order valence-electron chi connectivity index (χ1n) is 6.96. The Morgan fingerprint density at radius 2 is 1.52 bits per heavy atom. The van der Waals surface area contributed by atoms with Crippen LogP contribution in [0.3, 0.4) is 0 Å². The summed E-state index contributed by atoms with van der Waals surface area (Å²) in [6.07, 6.45) is 2.09. The smallest absolute Gasteiger partial charge is 0.0951 e. The highest BCUT2D eigenvalue weighted by Crippen LogP contribution is 2.22. The molecule has 0 saturated carbocycles. The second kappa shape index (κ2) is 4.60. The Hall–Kier alpha value is -2.87. The van der Waals surface area contributed by atoms with Crippen molar-refractivity contribution >= 4 is 17.5 Å². The van der Waals surface area contributed by atoms with Crippen LogP contribution in [0.1, 0.15) is 5.56 Å². The van der Waals surface area contributed by atoms with E-state index in [1.165, 1.54) is 0 Å². The Labute approximate surface area is 122 Å². The van der Waals surface area contributed by atoms with Gasteiger partial charge in [0.1, 0.15) is 0 Å². The van der Waals surface area contributed by atoms with E-state index in [1.807, 2.05) is 36.4 Å². The fraction of sp³-hybridized carbons (Fsp3) is 0. The van der Waals surface area contributed by atoms with E-state index in [0.29, 0.717) is 0 Å². The molecule has 21 heavy (non-hydrogen) atoms. The third kappa shape index (κ3) is 1.93. The monoisotopic (exact) mass is 270 g/mol. The molecule has 0 unspecified atom stereocenters. The number of hydrogen-bond acceptors (Lipinski definition) is 2. The van der Waals surface area contributed by atoms with Gasteiger partial charge in [-0.2, -0.15) is 0 Å². The highest BCUT2D eigenvalue weighted by molar-refractivity contribution is 5.69. The van der Waals surface area contributed by atoms with Crippen LogP contribution in [0, 0.1) is 10.4 Å². The Morgan fingerprint density at radius 1 is 0.762 bits per heavy atom. The Bertz CT molecular complexity index is 1040. The third-order valence-corrected chi connectivity index (χ3v) is 3.80. The minimum atomic E-state index is 0.743. The molecule has 0 saturated heterocycles. The molecule has 0 bridgehead atoms. The van der Waals surface area contributed by atoms with E-state index in [-0.39, 0.29) is 0 Å². The molecule has 0 radical (unpaired) electrons. The number of anilines is 1. The predicted molar refractivity (Wildman–Crippen MR) is 85.4 cm³/mol. The summed E-state index contributed by atoms with van der Waals surface area (Å²) in [4.78, 5) is 4.67. The molecule has 1 heterocycles. The zero-order chi connectivity index (χ0) is 14.2. The molecule has 0 aliphatic carbocycles. The van der Waals surface area contributed by atoms with Gasteiger partial charge in [0.15, 0.2) is 0 Å². The largest absolute Gasteiger partial charge is 0.396 e. The van der Waals surface area contributed by atoms with Crippen LogP contribution in [0.15, 0.2) is 71.7 Å². The van der Waals surface area contributed by atoms with E-state index < -0.39 is 0 Å². The van der Waals surface area contributed by atoms with Crippen LogP contribution in [-0.2, 0) is 0 Å². The lowest BCUT2D eigenvalue weighted by Gasteiger charge is -2.00. The van der Waals surface area contributed by atoms with E-state index >= 15 is 0 Å². The van der Waals surface area contributed by atoms with Crippen molar-refractivity contribution in [2.45, 2.75) is 0 Å². The van der Waals surface area contributed by atoms with Gasteiger partial charge >= 0.3 is 0 Å². The minimum Gasteiger partial charge on any atom is -0.396 e. The number of rotatable bonds is 1. The number of nitrogen functional groups attached to an aromatic ring is 1. The van der Waals surface area contributed by atoms with Crippen molar-refractivity contribution in [3.05, 3.63) is 93.3 Å². The lowest BCUT2D eigenvalue weighted by molar-refractivity contribution is 1.37. The molecule has 0 spiro atoms. The van der Waals surface area contributed by atoms with Crippen LogP contribution in [0.4, 0.5) is 11.4 Å². The zero-order valence-electron chi connectivity index (χ0n) is 11.5. The predicted octanol–water partition coefficient (Wildman–Crippen LogP) is 2.65. The second-order valence-electron chi connectivity index (χ2n) is 5.15. The molecule has 3 aromatic carbocycles. The summed E-state index contributed by atoms with van der Waals surface area (Å²) in [5.41, 5.74) is 9.11. The molecule has 3 aromatic rings. The standard InChI is InChI=1S/C19H14N2/c20-18-14(12-13-6-2-1-3-7-13)10-11-16-15-8-4-5-9-17(15)21-19(16)18/h1-12H,20H2. The summed E-state index contributed by atoms with van der Waals surface area (Å²) >= 11 is 0. The first kappa shape index (κ1) is 11.9. The highest BCUT2D eigenvalue weighted by Gasteiger charge is 2.07. The van der Waals surface area contributed by atoms with Crippen molar-refractivity contribution in [1.29, 1.82) is 0 Å². The first-order chi connectivity index (χ1) is 10.3. The van der Waals surface area contributed by atoms with Crippen LogP contribution in [0.2, 0.25) is 0 Å². The highest BCUT2D eigenvalue weighted by atomic mass is 14.8. The Kier molecular flexibility index (Phi) is 2.61. The zero-order valence-corrected chi connectivity index (χ0v) is 11.5. The van der Waals surface area contributed by atoms with Gasteiger partial charge in [0, 0.05) is 15.7 Å². The fourth-order valence-corrected chi connectivity index (χ4v) is 2.74. The molecule has 0 amide bonds. The quantitative estimate of drug-likeness (QED) is 0.531. The number of nitrogens with zero attached hydrogens (tertiary/aromatic N) is 1. The normalized spacial score (nSPS) is 12.7. The molecule has 100 valence electrons. The fourth-order valence-electron chi connectivity index (χ4n) is 2.74. The van der Waals surface area contributed by atoms with E-state index in [1.54, 1.807) is 0 Å². The maximum Gasteiger partial charge on any atom is 0.0951 e. The maximum atomic E-state index is 6.34. The topological polar surface area (TPSA) is 38.4 Å².